The van der Waals surface area contributed by atoms with E-state index in [1.54, 1.807) is 6.26 Å². The maximum atomic E-state index is 8.94. The molecule has 0 bridgehead atoms. The summed E-state index contributed by atoms with van der Waals surface area (Å²) in [5, 5.41) is 9.90. The lowest BCUT2D eigenvalue weighted by Crippen LogP contribution is -1.77. The molecule has 0 amide bonds. The number of benzene rings is 1. The van der Waals surface area contributed by atoms with Crippen molar-refractivity contribution in [3.05, 3.63) is 34.5 Å². The van der Waals surface area contributed by atoms with Crippen LogP contribution in [0.5, 0.6) is 0 Å². The Hall–Kier alpha value is -0.800. The number of aliphatic hydroxyl groups excluding tert-OH is 1. The maximum absolute atomic E-state index is 8.94. The van der Waals surface area contributed by atoms with Crippen molar-refractivity contribution in [1.82, 2.24) is 0 Å². The van der Waals surface area contributed by atoms with Gasteiger partial charge >= 0.3 is 0 Å². The first-order valence-corrected chi connectivity index (χ1v) is 5.37. The fourth-order valence-corrected chi connectivity index (χ4v) is 1.54. The first kappa shape index (κ1) is 11.3. The van der Waals surface area contributed by atoms with Gasteiger partial charge in [-0.2, -0.15) is 0 Å². The second kappa shape index (κ2) is 5.17. The lowest BCUT2D eigenvalue weighted by molar-refractivity contribution is 0.281. The SMILES string of the molecule is CC.OCc1coc2ccc(Br)cc12. The molecule has 0 aliphatic carbocycles. The molecule has 0 fully saturated rings. The molecule has 0 aliphatic rings. The Labute approximate surface area is 91.7 Å². The van der Waals surface area contributed by atoms with Crippen molar-refractivity contribution in [2.75, 3.05) is 0 Å². The Morgan fingerprint density at radius 1 is 1.36 bits per heavy atom. The molecule has 0 radical (unpaired) electrons. The van der Waals surface area contributed by atoms with Crippen molar-refractivity contribution >= 4 is 26.9 Å². The second-order valence-corrected chi connectivity index (χ2v) is 3.48. The van der Waals surface area contributed by atoms with Gasteiger partial charge in [-0.05, 0) is 18.2 Å². The molecule has 1 aromatic carbocycles. The summed E-state index contributed by atoms with van der Waals surface area (Å²) in [6.07, 6.45) is 1.58. The topological polar surface area (TPSA) is 33.4 Å². The van der Waals surface area contributed by atoms with E-state index >= 15 is 0 Å². The number of hydrogen-bond acceptors (Lipinski definition) is 2. The number of halogens is 1. The summed E-state index contributed by atoms with van der Waals surface area (Å²) in [6.45, 7) is 4.02. The molecule has 0 saturated heterocycles. The van der Waals surface area contributed by atoms with Crippen LogP contribution in [0.25, 0.3) is 11.0 Å². The van der Waals surface area contributed by atoms with Crippen LogP contribution >= 0.6 is 15.9 Å². The van der Waals surface area contributed by atoms with Gasteiger partial charge in [0.2, 0.25) is 0 Å². The van der Waals surface area contributed by atoms with E-state index in [9.17, 15) is 0 Å². The van der Waals surface area contributed by atoms with E-state index in [0.717, 1.165) is 21.0 Å². The molecule has 2 nitrogen and oxygen atoms in total. The van der Waals surface area contributed by atoms with Crippen molar-refractivity contribution in [3.63, 3.8) is 0 Å². The van der Waals surface area contributed by atoms with Gasteiger partial charge in [-0.3, -0.25) is 0 Å². The molecule has 0 unspecified atom stereocenters. The molecule has 0 spiro atoms. The first-order chi connectivity index (χ1) is 6.81. The highest BCUT2D eigenvalue weighted by Gasteiger charge is 2.03. The zero-order chi connectivity index (χ0) is 10.6. The summed E-state index contributed by atoms with van der Waals surface area (Å²) < 4.78 is 6.21. The standard InChI is InChI=1S/C9H7BrO2.C2H6/c10-7-1-2-9-8(3-7)6(4-11)5-12-9;1-2/h1-3,5,11H,4H2;1-2H3. The average Bonchev–Trinajstić information content (AvgIpc) is 2.63. The number of rotatable bonds is 1. The molecule has 14 heavy (non-hydrogen) atoms. The lowest BCUT2D eigenvalue weighted by atomic mass is 10.2. The lowest BCUT2D eigenvalue weighted by Gasteiger charge is -1.91. The van der Waals surface area contributed by atoms with Crippen molar-refractivity contribution in [2.45, 2.75) is 20.5 Å². The third-order valence-corrected chi connectivity index (χ3v) is 2.28. The Bertz CT molecular complexity index is 407. The van der Waals surface area contributed by atoms with Crippen molar-refractivity contribution in [2.24, 2.45) is 0 Å². The summed E-state index contributed by atoms with van der Waals surface area (Å²) >= 11 is 3.36. The Balaban J connectivity index is 0.000000461. The van der Waals surface area contributed by atoms with Crippen molar-refractivity contribution in [3.8, 4) is 0 Å². The van der Waals surface area contributed by atoms with Crippen LogP contribution in [0.3, 0.4) is 0 Å². The monoisotopic (exact) mass is 256 g/mol. The van der Waals surface area contributed by atoms with Gasteiger partial charge in [0.1, 0.15) is 5.58 Å². The van der Waals surface area contributed by atoms with E-state index in [1.807, 2.05) is 32.0 Å². The molecule has 3 heteroatoms. The minimum atomic E-state index is 0.0173. The first-order valence-electron chi connectivity index (χ1n) is 4.58. The van der Waals surface area contributed by atoms with Crippen molar-refractivity contribution < 1.29 is 9.52 Å². The molecule has 2 rings (SSSR count). The van der Waals surface area contributed by atoms with E-state index in [4.69, 9.17) is 9.52 Å². The zero-order valence-corrected chi connectivity index (χ0v) is 9.84. The summed E-state index contributed by atoms with van der Waals surface area (Å²) in [5.41, 5.74) is 1.63. The number of furan rings is 1. The van der Waals surface area contributed by atoms with E-state index < -0.39 is 0 Å². The van der Waals surface area contributed by atoms with Crippen LogP contribution in [-0.2, 0) is 6.61 Å². The van der Waals surface area contributed by atoms with E-state index in [0.29, 0.717) is 0 Å². The van der Waals surface area contributed by atoms with Crippen LogP contribution in [0.15, 0.2) is 33.4 Å². The quantitative estimate of drug-likeness (QED) is 0.844. The van der Waals surface area contributed by atoms with Gasteiger partial charge in [0.15, 0.2) is 0 Å². The maximum Gasteiger partial charge on any atom is 0.134 e. The molecule has 1 aromatic heterocycles. The molecule has 1 N–H and O–H groups in total. The number of hydrogen-bond donors (Lipinski definition) is 1. The van der Waals surface area contributed by atoms with Crippen molar-refractivity contribution in [1.29, 1.82) is 0 Å². The van der Waals surface area contributed by atoms with Crippen LogP contribution < -0.4 is 0 Å². The van der Waals surface area contributed by atoms with E-state index in [-0.39, 0.29) is 6.61 Å². The summed E-state index contributed by atoms with van der Waals surface area (Å²) in [7, 11) is 0. The molecule has 76 valence electrons. The van der Waals surface area contributed by atoms with Gasteiger partial charge in [-0.15, -0.1) is 0 Å². The molecule has 0 saturated carbocycles. The van der Waals surface area contributed by atoms with Crippen LogP contribution in [0.4, 0.5) is 0 Å². The predicted molar refractivity (Wildman–Crippen MR) is 61.2 cm³/mol. The summed E-state index contributed by atoms with van der Waals surface area (Å²) in [4.78, 5) is 0. The second-order valence-electron chi connectivity index (χ2n) is 2.56. The Kier molecular flexibility index (Phi) is 4.17. The molecule has 0 aliphatic heterocycles. The predicted octanol–water partition coefficient (Wildman–Crippen LogP) is 3.71. The van der Waals surface area contributed by atoms with Crippen LogP contribution in [0.1, 0.15) is 19.4 Å². The van der Waals surface area contributed by atoms with Gasteiger partial charge in [0.05, 0.1) is 12.9 Å². The van der Waals surface area contributed by atoms with E-state index in [1.165, 1.54) is 0 Å². The fourth-order valence-electron chi connectivity index (χ4n) is 1.18. The van der Waals surface area contributed by atoms with E-state index in [2.05, 4.69) is 15.9 Å². The zero-order valence-electron chi connectivity index (χ0n) is 8.25. The number of fused-ring (bicyclic) bond motifs is 1. The highest BCUT2D eigenvalue weighted by atomic mass is 79.9. The van der Waals surface area contributed by atoms with Gasteiger partial charge in [-0.1, -0.05) is 29.8 Å². The van der Waals surface area contributed by atoms with Crippen LogP contribution in [0.2, 0.25) is 0 Å². The van der Waals surface area contributed by atoms with Gasteiger partial charge in [-0.25, -0.2) is 0 Å². The molecular formula is C11H13BrO2. The molecule has 2 aromatic rings. The third-order valence-electron chi connectivity index (χ3n) is 1.79. The Morgan fingerprint density at radius 2 is 2.07 bits per heavy atom. The number of aliphatic hydroxyl groups is 1. The molecule has 0 atom stereocenters. The largest absolute Gasteiger partial charge is 0.464 e. The minimum absolute atomic E-state index is 0.0173. The smallest absolute Gasteiger partial charge is 0.134 e. The normalized spacial score (nSPS) is 9.71. The van der Waals surface area contributed by atoms with Gasteiger partial charge in [0.25, 0.3) is 0 Å². The fraction of sp³-hybridized carbons (Fsp3) is 0.273. The highest BCUT2D eigenvalue weighted by molar-refractivity contribution is 9.10. The molecular weight excluding hydrogens is 244 g/mol. The van der Waals surface area contributed by atoms with Gasteiger partial charge < -0.3 is 9.52 Å². The minimum Gasteiger partial charge on any atom is -0.464 e. The highest BCUT2D eigenvalue weighted by Crippen LogP contribution is 2.24. The average molecular weight is 257 g/mol. The molecule has 1 heterocycles. The Morgan fingerprint density at radius 3 is 2.71 bits per heavy atom. The van der Waals surface area contributed by atoms with Gasteiger partial charge in [0, 0.05) is 15.4 Å². The van der Waals surface area contributed by atoms with Crippen LogP contribution in [0, 0.1) is 0 Å². The van der Waals surface area contributed by atoms with Crippen LogP contribution in [-0.4, -0.2) is 5.11 Å². The third kappa shape index (κ3) is 2.16. The summed E-state index contributed by atoms with van der Waals surface area (Å²) in [5.74, 6) is 0. The summed E-state index contributed by atoms with van der Waals surface area (Å²) in [6, 6.07) is 5.72.